The zero-order valence-electron chi connectivity index (χ0n) is 22.0. The molecule has 8 rings (SSSR count). The maximum Gasteiger partial charge on any atom is 0.213 e. The van der Waals surface area contributed by atoms with Gasteiger partial charge in [0, 0.05) is 24.4 Å². The van der Waals surface area contributed by atoms with Gasteiger partial charge in [-0.2, -0.15) is 4.57 Å². The van der Waals surface area contributed by atoms with Gasteiger partial charge in [0.1, 0.15) is 0 Å². The van der Waals surface area contributed by atoms with Crippen LogP contribution in [0.15, 0.2) is 42.5 Å². The molecular weight excluding hydrogens is 430 g/mol. The molecule has 0 spiro atoms. The molecule has 0 radical (unpaired) electrons. The summed E-state index contributed by atoms with van der Waals surface area (Å²) < 4.78 is 15.8. The number of aryl methyl sites for hydroxylation is 2. The van der Waals surface area contributed by atoms with Crippen molar-refractivity contribution in [3.8, 4) is 11.3 Å². The van der Waals surface area contributed by atoms with Gasteiger partial charge in [-0.1, -0.05) is 25.1 Å². The van der Waals surface area contributed by atoms with Crippen LogP contribution in [-0.2, 0) is 33.3 Å². The summed E-state index contributed by atoms with van der Waals surface area (Å²) in [4.78, 5) is 0. The molecule has 182 valence electrons. The minimum atomic E-state index is -0.191. The van der Waals surface area contributed by atoms with E-state index in [4.69, 9.17) is 9.47 Å². The van der Waals surface area contributed by atoms with Crippen molar-refractivity contribution in [2.45, 2.75) is 96.7 Å². The molecule has 1 aromatic heterocycles. The number of hydrogen-bond donors (Lipinski definition) is 0. The summed E-state index contributed by atoms with van der Waals surface area (Å²) in [6.45, 7) is 14.1. The van der Waals surface area contributed by atoms with Crippen LogP contribution < -0.4 is 4.57 Å². The number of benzene rings is 2. The largest absolute Gasteiger partial charge is 0.349 e. The third-order valence-corrected chi connectivity index (χ3v) is 10.1. The van der Waals surface area contributed by atoms with Gasteiger partial charge in [-0.15, -0.1) is 0 Å². The van der Waals surface area contributed by atoms with Crippen molar-refractivity contribution >= 4 is 10.9 Å². The maximum absolute atomic E-state index is 6.56. The van der Waals surface area contributed by atoms with E-state index >= 15 is 0 Å². The molecule has 3 aliphatic heterocycles. The Kier molecular flexibility index (Phi) is 4.51. The van der Waals surface area contributed by atoms with E-state index < -0.39 is 0 Å². The van der Waals surface area contributed by atoms with Crippen LogP contribution in [-0.4, -0.2) is 18.5 Å². The number of pyridine rings is 1. The van der Waals surface area contributed by atoms with Crippen molar-refractivity contribution in [1.82, 2.24) is 0 Å². The van der Waals surface area contributed by atoms with E-state index in [-0.39, 0.29) is 35.4 Å². The summed E-state index contributed by atoms with van der Waals surface area (Å²) in [5.41, 5.74) is 9.84. The average molecular weight is 469 g/mol. The molecule has 2 fully saturated rings. The highest BCUT2D eigenvalue weighted by molar-refractivity contribution is 5.83. The van der Waals surface area contributed by atoms with Crippen molar-refractivity contribution < 1.29 is 14.0 Å². The monoisotopic (exact) mass is 468 g/mol. The average Bonchev–Trinajstić information content (AvgIpc) is 3.32. The Morgan fingerprint density at radius 3 is 2.51 bits per heavy atom. The van der Waals surface area contributed by atoms with E-state index in [1.165, 1.54) is 50.8 Å². The molecule has 1 saturated heterocycles. The van der Waals surface area contributed by atoms with E-state index in [9.17, 15) is 0 Å². The molecule has 7 bridgehead atoms. The van der Waals surface area contributed by atoms with Crippen LogP contribution in [0.2, 0.25) is 0 Å². The first-order valence-corrected chi connectivity index (χ1v) is 13.7. The Morgan fingerprint density at radius 2 is 1.74 bits per heavy atom. The fourth-order valence-electron chi connectivity index (χ4n) is 8.39. The van der Waals surface area contributed by atoms with Crippen LogP contribution in [0.4, 0.5) is 0 Å². The van der Waals surface area contributed by atoms with Crippen molar-refractivity contribution in [3.05, 3.63) is 64.7 Å². The van der Waals surface area contributed by atoms with Gasteiger partial charge in [0.15, 0.2) is 11.8 Å². The zero-order valence-corrected chi connectivity index (χ0v) is 22.0. The Hall–Kier alpha value is -2.23. The van der Waals surface area contributed by atoms with E-state index in [2.05, 4.69) is 88.6 Å². The van der Waals surface area contributed by atoms with Crippen LogP contribution in [0.25, 0.3) is 22.2 Å². The van der Waals surface area contributed by atoms with Crippen LogP contribution in [0.1, 0.15) is 69.7 Å². The molecule has 7 atom stereocenters. The van der Waals surface area contributed by atoms with Crippen LogP contribution in [0.3, 0.4) is 0 Å². The molecule has 4 heterocycles. The lowest BCUT2D eigenvalue weighted by molar-refractivity contribution is -0.711. The molecule has 5 aliphatic rings. The minimum Gasteiger partial charge on any atom is -0.349 e. The second-order valence-electron chi connectivity index (χ2n) is 12.4. The molecule has 35 heavy (non-hydrogen) atoms. The van der Waals surface area contributed by atoms with Gasteiger partial charge >= 0.3 is 0 Å². The molecule has 2 aromatic carbocycles. The van der Waals surface area contributed by atoms with Crippen LogP contribution >= 0.6 is 0 Å². The second-order valence-corrected chi connectivity index (χ2v) is 12.4. The van der Waals surface area contributed by atoms with E-state index in [1.54, 1.807) is 0 Å². The number of aromatic nitrogens is 1. The Morgan fingerprint density at radius 1 is 0.971 bits per heavy atom. The first-order chi connectivity index (χ1) is 16.7. The highest BCUT2D eigenvalue weighted by atomic mass is 16.7. The molecule has 3 heteroatoms. The zero-order chi connectivity index (χ0) is 24.3. The van der Waals surface area contributed by atoms with Gasteiger partial charge in [0.25, 0.3) is 0 Å². The lowest BCUT2D eigenvalue weighted by atomic mass is 9.78. The molecule has 2 aliphatic carbocycles. The molecule has 0 N–H and O–H groups in total. The Balaban J connectivity index is 1.56. The van der Waals surface area contributed by atoms with Crippen molar-refractivity contribution in [2.75, 3.05) is 0 Å². The van der Waals surface area contributed by atoms with Crippen LogP contribution in [0.5, 0.6) is 0 Å². The number of ether oxygens (including phenoxy) is 2. The fourth-order valence-corrected chi connectivity index (χ4v) is 8.39. The third-order valence-electron chi connectivity index (χ3n) is 10.1. The number of rotatable bonds is 1. The SMILES string of the molecule is Cc1cc2cc3c1C1(C)C(C4OC(C)C[C@@H](C)O4)[C@]1(C)[n+]1c-3ccc3c(cccc31)CC(C)CC2. The predicted molar refractivity (Wildman–Crippen MR) is 139 cm³/mol. The standard InChI is InChI=1S/C32H38NO2/c1-18-10-11-22-15-19(2)28-25(17-22)27-13-12-24-23(14-18)8-7-9-26(24)33(27)32(6)29(31(28,32)5)30-34-20(3)16-21(4)35-30/h7-9,12-13,15,17-18,20-21,29-30H,10-11,14,16H2,1-6H3/q+1/t18?,20-,21?,29?,30?,31?,32+/m1/s1. The lowest BCUT2D eigenvalue weighted by Gasteiger charge is -2.33. The van der Waals surface area contributed by atoms with E-state index in [1.807, 2.05) is 0 Å². The van der Waals surface area contributed by atoms with Gasteiger partial charge in [-0.25, -0.2) is 0 Å². The Bertz CT molecular complexity index is 1370. The first kappa shape index (κ1) is 22.0. The number of nitrogens with zero attached hydrogens (tertiary/aromatic N) is 1. The van der Waals surface area contributed by atoms with E-state index in [0.717, 1.165) is 19.3 Å². The summed E-state index contributed by atoms with van der Waals surface area (Å²) in [7, 11) is 0. The maximum atomic E-state index is 6.56. The van der Waals surface area contributed by atoms with Crippen molar-refractivity contribution in [3.63, 3.8) is 0 Å². The molecule has 1 saturated carbocycles. The van der Waals surface area contributed by atoms with E-state index in [0.29, 0.717) is 5.92 Å². The lowest BCUT2D eigenvalue weighted by Crippen LogP contribution is -2.54. The summed E-state index contributed by atoms with van der Waals surface area (Å²) in [6, 6.07) is 16.7. The van der Waals surface area contributed by atoms with Gasteiger partial charge in [0.2, 0.25) is 11.2 Å². The summed E-state index contributed by atoms with van der Waals surface area (Å²) in [6.07, 6.45) is 4.71. The van der Waals surface area contributed by atoms with Gasteiger partial charge in [-0.05, 0) is 93.7 Å². The highest BCUT2D eigenvalue weighted by Gasteiger charge is 2.85. The molecular formula is C32H38NO2+. The third kappa shape index (κ3) is 2.77. The summed E-state index contributed by atoms with van der Waals surface area (Å²) in [5.74, 6) is 0.911. The Labute approximate surface area is 209 Å². The van der Waals surface area contributed by atoms with Crippen LogP contribution in [0, 0.1) is 18.8 Å². The van der Waals surface area contributed by atoms with Crippen molar-refractivity contribution in [2.24, 2.45) is 11.8 Å². The molecule has 5 unspecified atom stereocenters. The highest BCUT2D eigenvalue weighted by Crippen LogP contribution is 2.71. The summed E-state index contributed by atoms with van der Waals surface area (Å²) >= 11 is 0. The number of hydrogen-bond acceptors (Lipinski definition) is 2. The van der Waals surface area contributed by atoms with Gasteiger partial charge in [-0.3, -0.25) is 0 Å². The smallest absolute Gasteiger partial charge is 0.213 e. The summed E-state index contributed by atoms with van der Waals surface area (Å²) in [5, 5.41) is 1.40. The van der Waals surface area contributed by atoms with Gasteiger partial charge in [0.05, 0.1) is 29.1 Å². The molecule has 0 amide bonds. The topological polar surface area (TPSA) is 22.3 Å². The minimum absolute atomic E-state index is 0.0498. The van der Waals surface area contributed by atoms with Crippen molar-refractivity contribution in [1.29, 1.82) is 0 Å². The number of fused-ring (bicyclic) bond motifs is 6. The second kappa shape index (κ2) is 7.17. The fraction of sp³-hybridized carbons (Fsp3) is 0.531. The quantitative estimate of drug-likeness (QED) is 0.387. The molecule has 3 nitrogen and oxygen atoms in total. The predicted octanol–water partition coefficient (Wildman–Crippen LogP) is 6.38. The van der Waals surface area contributed by atoms with Gasteiger partial charge < -0.3 is 9.47 Å². The normalized spacial score (nSPS) is 37.3. The molecule has 3 aromatic rings. The first-order valence-electron chi connectivity index (χ1n) is 13.7.